The predicted octanol–water partition coefficient (Wildman–Crippen LogP) is -16.8. The van der Waals surface area contributed by atoms with E-state index in [1.54, 1.807) is 0 Å². The normalized spacial score (nSPS) is 0. The van der Waals surface area contributed by atoms with Gasteiger partial charge in [0, 0.05) is 0 Å². The number of quaternary nitrogens is 3. The van der Waals surface area contributed by atoms with E-state index in [0.717, 1.165) is 0 Å². The summed E-state index contributed by atoms with van der Waals surface area (Å²) in [5.41, 5.74) is 0. The summed E-state index contributed by atoms with van der Waals surface area (Å²) in [7, 11) is 0. The second kappa shape index (κ2) is 231. The third-order valence-corrected chi connectivity index (χ3v) is 0. The Kier molecular flexibility index (Phi) is 6980. The van der Waals surface area contributed by atoms with Crippen LogP contribution in [0.25, 0.3) is 0 Å². The molecule has 0 aromatic carbocycles. The average Bonchev–Trinajstić information content (AvgIpc) is 0. The molecular weight excluding hydrogens is 447 g/mol. The first-order chi connectivity index (χ1) is 0. The van der Waals surface area contributed by atoms with Crippen molar-refractivity contribution in [3.8, 4) is 0 Å². The van der Waals surface area contributed by atoms with Gasteiger partial charge in [-0.05, 0) is 0 Å². The van der Waals surface area contributed by atoms with Gasteiger partial charge < -0.3 is 92.9 Å². The van der Waals surface area contributed by atoms with Crippen molar-refractivity contribution in [1.29, 1.82) is 0 Å². The summed E-state index contributed by atoms with van der Waals surface area (Å²) in [5, 5.41) is 0. The molecule has 0 saturated heterocycles. The Bertz CT molecular complexity index is 13.0. The van der Waals surface area contributed by atoms with Gasteiger partial charge in [0.05, 0.1) is 0 Å². The predicted molar refractivity (Wildman–Crippen MR) is 18.0 cm³/mol. The molecule has 0 atom stereocenters. The van der Waals surface area contributed by atoms with Crippen molar-refractivity contribution in [2.24, 2.45) is 0 Å². The third kappa shape index (κ3) is 171. The molecular formula is H12Cl6IrN3. The molecule has 0 heterocycles. The average molecular weight is 459 g/mol. The van der Waals surface area contributed by atoms with Crippen LogP contribution in [0.15, 0.2) is 0 Å². The first-order valence-electron chi connectivity index (χ1n) is 0. The first-order valence-corrected chi connectivity index (χ1v) is 0. The summed E-state index contributed by atoms with van der Waals surface area (Å²) in [6, 6.07) is 0. The van der Waals surface area contributed by atoms with Crippen molar-refractivity contribution < 1.29 is 94.5 Å². The fourth-order valence-electron chi connectivity index (χ4n) is 0. The topological polar surface area (TPSA) is 110 Å². The zero-order chi connectivity index (χ0) is 0. The van der Waals surface area contributed by atoms with Crippen LogP contribution in [0.2, 0.25) is 0 Å². The van der Waals surface area contributed by atoms with Crippen molar-refractivity contribution >= 4 is 0 Å². The molecule has 78 valence electrons. The molecule has 0 aromatic rings. The van der Waals surface area contributed by atoms with E-state index in [0.29, 0.717) is 0 Å². The molecule has 0 amide bonds. The smallest absolute Gasteiger partial charge is 1.00 e. The summed E-state index contributed by atoms with van der Waals surface area (Å²) in [6.07, 6.45) is 0. The summed E-state index contributed by atoms with van der Waals surface area (Å²) in [6.45, 7) is 0. The molecule has 0 rings (SSSR count). The van der Waals surface area contributed by atoms with Crippen molar-refractivity contribution in [2.45, 2.75) is 0 Å². The number of hydrogen-bond donors (Lipinski definition) is 3. The molecule has 0 aliphatic rings. The maximum absolute atomic E-state index is 0. The van der Waals surface area contributed by atoms with E-state index in [1.165, 1.54) is 0 Å². The maximum Gasteiger partial charge on any atom is 3.00 e. The third-order valence-electron chi connectivity index (χ3n) is 0. The van der Waals surface area contributed by atoms with E-state index in [9.17, 15) is 0 Å². The largest absolute Gasteiger partial charge is 3.00 e. The minimum absolute atomic E-state index is 0. The van der Waals surface area contributed by atoms with Gasteiger partial charge in [-0.3, -0.25) is 0 Å². The SMILES string of the molecule is [Cl-].[Cl-].[Cl-].[Cl-].[Cl-].[Cl-].[Ir+3].[NH4+].[NH4+].[NH4+]. The van der Waals surface area contributed by atoms with Crippen LogP contribution in [-0.4, -0.2) is 0 Å². The fourth-order valence-corrected chi connectivity index (χ4v) is 0. The quantitative estimate of drug-likeness (QED) is 0.320. The molecule has 3 nitrogen and oxygen atoms in total. The first kappa shape index (κ1) is 303. The molecule has 0 aliphatic carbocycles. The Balaban J connectivity index is 0. The van der Waals surface area contributed by atoms with Crippen molar-refractivity contribution in [2.75, 3.05) is 0 Å². The minimum atomic E-state index is 0. The number of rotatable bonds is 0. The molecule has 0 fully saturated rings. The van der Waals surface area contributed by atoms with Gasteiger partial charge >= 0.3 is 20.1 Å². The van der Waals surface area contributed by atoms with Gasteiger partial charge in [-0.1, -0.05) is 0 Å². The minimum Gasteiger partial charge on any atom is -1.00 e. The number of halogens is 6. The van der Waals surface area contributed by atoms with Gasteiger partial charge in [0.25, 0.3) is 0 Å². The Labute approximate surface area is 112 Å². The van der Waals surface area contributed by atoms with Crippen molar-refractivity contribution in [3.63, 3.8) is 0 Å². The molecule has 12 N–H and O–H groups in total. The van der Waals surface area contributed by atoms with Gasteiger partial charge in [0.2, 0.25) is 0 Å². The van der Waals surface area contributed by atoms with E-state index in [-0.39, 0.29) is 113 Å². The van der Waals surface area contributed by atoms with Crippen LogP contribution >= 0.6 is 0 Å². The van der Waals surface area contributed by atoms with Crippen LogP contribution in [0.3, 0.4) is 0 Å². The van der Waals surface area contributed by atoms with E-state index in [1.807, 2.05) is 0 Å². The van der Waals surface area contributed by atoms with Gasteiger partial charge in [-0.25, -0.2) is 0 Å². The Hall–Kier alpha value is 2.27. The van der Waals surface area contributed by atoms with Crippen LogP contribution < -0.4 is 92.9 Å². The Morgan fingerprint density at radius 1 is 0.300 bits per heavy atom. The van der Waals surface area contributed by atoms with E-state index >= 15 is 0 Å². The summed E-state index contributed by atoms with van der Waals surface area (Å²) in [5.74, 6) is 0. The molecule has 10 heteroatoms. The van der Waals surface area contributed by atoms with Crippen molar-refractivity contribution in [3.05, 3.63) is 0 Å². The Morgan fingerprint density at radius 3 is 0.300 bits per heavy atom. The van der Waals surface area contributed by atoms with E-state index < -0.39 is 0 Å². The molecule has 0 spiro atoms. The summed E-state index contributed by atoms with van der Waals surface area (Å²) < 4.78 is 0. The summed E-state index contributed by atoms with van der Waals surface area (Å²) >= 11 is 0. The van der Waals surface area contributed by atoms with Gasteiger partial charge in [0.1, 0.15) is 0 Å². The second-order valence-corrected chi connectivity index (χ2v) is 0. The van der Waals surface area contributed by atoms with E-state index in [4.69, 9.17) is 0 Å². The molecule has 10 heavy (non-hydrogen) atoms. The van der Waals surface area contributed by atoms with E-state index in [2.05, 4.69) is 0 Å². The zero-order valence-corrected chi connectivity index (χ0v) is 12.5. The monoisotopic (exact) mass is 457 g/mol. The second-order valence-electron chi connectivity index (χ2n) is 0. The van der Waals surface area contributed by atoms with Crippen LogP contribution in [-0.2, 0) is 20.1 Å². The number of hydrogen-bond acceptors (Lipinski definition) is 0. The maximum atomic E-state index is 0. The van der Waals surface area contributed by atoms with Crippen LogP contribution in [0.5, 0.6) is 0 Å². The van der Waals surface area contributed by atoms with Crippen LogP contribution in [0, 0.1) is 0 Å². The van der Waals surface area contributed by atoms with Crippen LogP contribution in [0.4, 0.5) is 0 Å². The van der Waals surface area contributed by atoms with Gasteiger partial charge in [-0.15, -0.1) is 0 Å². The standard InChI is InChI=1S/6ClH.Ir.3H3N/h6*1H;;3*1H3/q;;;;;;+3;;;/p-3. The molecule has 0 aliphatic heterocycles. The molecule has 0 bridgehead atoms. The summed E-state index contributed by atoms with van der Waals surface area (Å²) in [4.78, 5) is 0. The van der Waals surface area contributed by atoms with Crippen LogP contribution in [0.1, 0.15) is 0 Å². The van der Waals surface area contributed by atoms with Crippen molar-refractivity contribution in [1.82, 2.24) is 18.5 Å². The fraction of sp³-hybridized carbons (Fsp3) is 0. The van der Waals surface area contributed by atoms with Gasteiger partial charge in [0.15, 0.2) is 0 Å². The van der Waals surface area contributed by atoms with Gasteiger partial charge in [-0.2, -0.15) is 0 Å². The molecule has 0 radical (unpaired) electrons. The Morgan fingerprint density at radius 2 is 0.300 bits per heavy atom. The molecule has 0 aromatic heterocycles. The zero-order valence-electron chi connectivity index (χ0n) is 5.60. The molecule has 0 saturated carbocycles. The molecule has 0 unspecified atom stereocenters.